The first-order valence-corrected chi connectivity index (χ1v) is 8.65. The Labute approximate surface area is 145 Å². The van der Waals surface area contributed by atoms with Gasteiger partial charge in [-0.25, -0.2) is 0 Å². The Morgan fingerprint density at radius 1 is 0.708 bits per heavy atom. The fraction of sp³-hybridized carbons (Fsp3) is 0.167. The molecule has 0 N–H and O–H groups in total. The maximum atomic E-state index is 4.35. The van der Waals surface area contributed by atoms with Crippen molar-refractivity contribution in [2.45, 2.75) is 25.2 Å². The van der Waals surface area contributed by atoms with Crippen LogP contribution in [0.2, 0.25) is 0 Å². The van der Waals surface area contributed by atoms with Crippen molar-refractivity contribution in [1.29, 1.82) is 0 Å². The summed E-state index contributed by atoms with van der Waals surface area (Å²) in [5, 5.41) is 0. The lowest BCUT2D eigenvalue weighted by molar-refractivity contribution is 0.639. The van der Waals surface area contributed by atoms with Crippen molar-refractivity contribution in [3.05, 3.63) is 114 Å². The molecule has 3 aromatic rings. The quantitative estimate of drug-likeness (QED) is 0.466. The largest absolute Gasteiger partial charge is 0.0952 e. The number of hydrogen-bond donors (Lipinski definition) is 0. The van der Waals surface area contributed by atoms with Gasteiger partial charge in [0.25, 0.3) is 0 Å². The molecule has 0 bridgehead atoms. The Morgan fingerprint density at radius 3 is 1.88 bits per heavy atom. The molecular formula is C24H24. The van der Waals surface area contributed by atoms with Crippen LogP contribution in [0.4, 0.5) is 0 Å². The molecule has 0 aliphatic heterocycles. The highest BCUT2D eigenvalue weighted by Gasteiger charge is 2.14. The molecule has 0 heterocycles. The molecule has 0 radical (unpaired) electrons. The first kappa shape index (κ1) is 16.3. The van der Waals surface area contributed by atoms with Gasteiger partial charge in [-0.1, -0.05) is 97.6 Å². The summed E-state index contributed by atoms with van der Waals surface area (Å²) in [7, 11) is 0. The fourth-order valence-electron chi connectivity index (χ4n) is 3.19. The van der Waals surface area contributed by atoms with Crippen LogP contribution in [0.25, 0.3) is 5.57 Å². The van der Waals surface area contributed by atoms with Crippen molar-refractivity contribution in [1.82, 2.24) is 0 Å². The number of rotatable bonds is 7. The molecule has 0 saturated carbocycles. The Morgan fingerprint density at radius 2 is 1.25 bits per heavy atom. The molecule has 3 rings (SSSR count). The monoisotopic (exact) mass is 312 g/mol. The molecule has 0 amide bonds. The molecule has 0 fully saturated rings. The Kier molecular flexibility index (Phi) is 5.63. The lowest BCUT2D eigenvalue weighted by atomic mass is 9.85. The third-order valence-electron chi connectivity index (χ3n) is 4.57. The van der Waals surface area contributed by atoms with Gasteiger partial charge in [0.2, 0.25) is 0 Å². The standard InChI is InChI=1S/C24H24/c1-20(22-13-7-3-8-14-22)19-24(23-15-9-4-10-16-23)18-17-21-11-5-2-6-12-21/h2-16,24H,1,17-19H2/t24-/m1/s1. The average Bonchev–Trinajstić information content (AvgIpc) is 2.67. The Hall–Kier alpha value is -2.60. The predicted octanol–water partition coefficient (Wildman–Crippen LogP) is 6.51. The van der Waals surface area contributed by atoms with Crippen molar-refractivity contribution in [2.24, 2.45) is 0 Å². The van der Waals surface area contributed by atoms with Crippen LogP contribution < -0.4 is 0 Å². The smallest absolute Gasteiger partial charge is 0.0118 e. The summed E-state index contributed by atoms with van der Waals surface area (Å²) in [6, 6.07) is 32.1. The molecule has 0 unspecified atom stereocenters. The average molecular weight is 312 g/mol. The van der Waals surface area contributed by atoms with Crippen LogP contribution in [0.15, 0.2) is 97.6 Å². The van der Waals surface area contributed by atoms with Crippen LogP contribution >= 0.6 is 0 Å². The van der Waals surface area contributed by atoms with Gasteiger partial charge < -0.3 is 0 Å². The lowest BCUT2D eigenvalue weighted by Gasteiger charge is -2.19. The predicted molar refractivity (Wildman–Crippen MR) is 104 cm³/mol. The summed E-state index contributed by atoms with van der Waals surface area (Å²) in [5.74, 6) is 0.499. The highest BCUT2D eigenvalue weighted by molar-refractivity contribution is 5.64. The number of hydrogen-bond acceptors (Lipinski definition) is 0. The van der Waals surface area contributed by atoms with Crippen molar-refractivity contribution in [3.8, 4) is 0 Å². The van der Waals surface area contributed by atoms with E-state index < -0.39 is 0 Å². The summed E-state index contributed by atoms with van der Waals surface area (Å²) in [4.78, 5) is 0. The van der Waals surface area contributed by atoms with Crippen LogP contribution in [-0.2, 0) is 6.42 Å². The maximum Gasteiger partial charge on any atom is -0.0118 e. The van der Waals surface area contributed by atoms with Crippen LogP contribution in [0.5, 0.6) is 0 Å². The number of aryl methyl sites for hydroxylation is 1. The molecule has 0 aliphatic carbocycles. The first-order valence-electron chi connectivity index (χ1n) is 8.65. The zero-order valence-electron chi connectivity index (χ0n) is 14.1. The van der Waals surface area contributed by atoms with Gasteiger partial charge in [0.05, 0.1) is 0 Å². The van der Waals surface area contributed by atoms with Crippen LogP contribution in [-0.4, -0.2) is 0 Å². The summed E-state index contributed by atoms with van der Waals surface area (Å²) in [6.45, 7) is 4.35. The second-order valence-corrected chi connectivity index (χ2v) is 6.31. The molecule has 0 aliphatic rings. The zero-order chi connectivity index (χ0) is 16.6. The third kappa shape index (κ3) is 4.45. The van der Waals surface area contributed by atoms with Crippen LogP contribution in [0.3, 0.4) is 0 Å². The molecule has 120 valence electrons. The van der Waals surface area contributed by atoms with Crippen molar-refractivity contribution < 1.29 is 0 Å². The van der Waals surface area contributed by atoms with Gasteiger partial charge >= 0.3 is 0 Å². The fourth-order valence-corrected chi connectivity index (χ4v) is 3.19. The summed E-state index contributed by atoms with van der Waals surface area (Å²) >= 11 is 0. The van der Waals surface area contributed by atoms with Gasteiger partial charge in [0, 0.05) is 0 Å². The second-order valence-electron chi connectivity index (χ2n) is 6.31. The zero-order valence-corrected chi connectivity index (χ0v) is 14.1. The summed E-state index contributed by atoms with van der Waals surface area (Å²) in [6.07, 6.45) is 3.24. The van der Waals surface area contributed by atoms with E-state index in [2.05, 4.69) is 97.6 Å². The molecule has 0 spiro atoms. The van der Waals surface area contributed by atoms with Crippen molar-refractivity contribution >= 4 is 5.57 Å². The van der Waals surface area contributed by atoms with E-state index in [-0.39, 0.29) is 0 Å². The van der Waals surface area contributed by atoms with Gasteiger partial charge in [-0.3, -0.25) is 0 Å². The normalized spacial score (nSPS) is 11.8. The second kappa shape index (κ2) is 8.31. The lowest BCUT2D eigenvalue weighted by Crippen LogP contribution is -2.02. The highest BCUT2D eigenvalue weighted by atomic mass is 14.2. The SMILES string of the molecule is C=C(C[C@@H](CCc1ccccc1)c1ccccc1)c1ccccc1. The Balaban J connectivity index is 1.74. The molecule has 0 nitrogen and oxygen atoms in total. The Bertz CT molecular complexity index is 742. The van der Waals surface area contributed by atoms with Gasteiger partial charge in [0.15, 0.2) is 0 Å². The number of benzene rings is 3. The van der Waals surface area contributed by atoms with E-state index in [4.69, 9.17) is 0 Å². The highest BCUT2D eigenvalue weighted by Crippen LogP contribution is 2.31. The van der Waals surface area contributed by atoms with Crippen LogP contribution in [0, 0.1) is 0 Å². The van der Waals surface area contributed by atoms with Crippen LogP contribution in [0.1, 0.15) is 35.4 Å². The van der Waals surface area contributed by atoms with E-state index in [0.29, 0.717) is 5.92 Å². The van der Waals surface area contributed by atoms with E-state index in [9.17, 15) is 0 Å². The topological polar surface area (TPSA) is 0 Å². The minimum absolute atomic E-state index is 0.499. The first-order chi connectivity index (χ1) is 11.8. The third-order valence-corrected chi connectivity index (χ3v) is 4.57. The van der Waals surface area contributed by atoms with Crippen molar-refractivity contribution in [2.75, 3.05) is 0 Å². The molecule has 24 heavy (non-hydrogen) atoms. The maximum absolute atomic E-state index is 4.35. The minimum atomic E-state index is 0.499. The van der Waals surface area contributed by atoms with Gasteiger partial charge in [-0.05, 0) is 47.4 Å². The summed E-state index contributed by atoms with van der Waals surface area (Å²) in [5.41, 5.74) is 5.28. The van der Waals surface area contributed by atoms with E-state index in [1.165, 1.54) is 22.3 Å². The van der Waals surface area contributed by atoms with E-state index in [1.807, 2.05) is 0 Å². The van der Waals surface area contributed by atoms with Crippen molar-refractivity contribution in [3.63, 3.8) is 0 Å². The molecular weight excluding hydrogens is 288 g/mol. The number of allylic oxidation sites excluding steroid dienone is 1. The molecule has 0 aromatic heterocycles. The van der Waals surface area contributed by atoms with Gasteiger partial charge in [0.1, 0.15) is 0 Å². The molecule has 1 atom stereocenters. The summed E-state index contributed by atoms with van der Waals surface area (Å²) < 4.78 is 0. The van der Waals surface area contributed by atoms with Gasteiger partial charge in [-0.2, -0.15) is 0 Å². The van der Waals surface area contributed by atoms with E-state index in [0.717, 1.165) is 19.3 Å². The van der Waals surface area contributed by atoms with Gasteiger partial charge in [-0.15, -0.1) is 0 Å². The van der Waals surface area contributed by atoms with E-state index >= 15 is 0 Å². The van der Waals surface area contributed by atoms with E-state index in [1.54, 1.807) is 0 Å². The molecule has 0 saturated heterocycles. The molecule has 0 heteroatoms. The molecule has 3 aromatic carbocycles. The minimum Gasteiger partial charge on any atom is -0.0952 e.